The third kappa shape index (κ3) is 4.12. The number of benzene rings is 1. The predicted octanol–water partition coefficient (Wildman–Crippen LogP) is 2.73. The molecule has 25 heavy (non-hydrogen) atoms. The molecule has 0 saturated heterocycles. The van der Waals surface area contributed by atoms with E-state index in [-0.39, 0.29) is 11.8 Å². The molecule has 3 rings (SSSR count). The van der Waals surface area contributed by atoms with E-state index in [1.54, 1.807) is 25.1 Å². The van der Waals surface area contributed by atoms with Gasteiger partial charge in [0.2, 0.25) is 0 Å². The molecule has 2 aliphatic rings. The van der Waals surface area contributed by atoms with Crippen molar-refractivity contribution in [3.63, 3.8) is 0 Å². The first kappa shape index (κ1) is 17.7. The smallest absolute Gasteiger partial charge is 0.265 e. The Morgan fingerprint density at radius 2 is 2.12 bits per heavy atom. The molecule has 1 saturated carbocycles. The molecule has 3 atom stereocenters. The molecule has 136 valence electrons. The molecule has 2 N–H and O–H groups in total. The van der Waals surface area contributed by atoms with Crippen molar-refractivity contribution < 1.29 is 19.1 Å². The molecule has 0 aromatic heterocycles. The zero-order valence-electron chi connectivity index (χ0n) is 14.8. The van der Waals surface area contributed by atoms with Crippen molar-refractivity contribution >= 4 is 17.5 Å². The van der Waals surface area contributed by atoms with Crippen molar-refractivity contribution in [2.75, 3.05) is 18.5 Å². The number of ether oxygens (including phenoxy) is 2. The van der Waals surface area contributed by atoms with Crippen molar-refractivity contribution in [2.45, 2.75) is 51.7 Å². The predicted molar refractivity (Wildman–Crippen MR) is 94.9 cm³/mol. The fourth-order valence-corrected chi connectivity index (χ4v) is 3.41. The van der Waals surface area contributed by atoms with E-state index in [4.69, 9.17) is 9.47 Å². The van der Waals surface area contributed by atoms with Crippen LogP contribution in [-0.2, 0) is 9.53 Å². The Morgan fingerprint density at radius 1 is 1.32 bits per heavy atom. The molecule has 0 spiro atoms. The van der Waals surface area contributed by atoms with Crippen LogP contribution in [0.5, 0.6) is 5.75 Å². The molecule has 0 bridgehead atoms. The summed E-state index contributed by atoms with van der Waals surface area (Å²) >= 11 is 0. The van der Waals surface area contributed by atoms with Gasteiger partial charge >= 0.3 is 0 Å². The molecule has 1 fully saturated rings. The highest BCUT2D eigenvalue weighted by Gasteiger charge is 2.27. The fourth-order valence-electron chi connectivity index (χ4n) is 3.41. The molecular formula is C19H26N2O4. The van der Waals surface area contributed by atoms with Crippen molar-refractivity contribution in [2.24, 2.45) is 5.92 Å². The molecule has 0 unspecified atom stereocenters. The van der Waals surface area contributed by atoms with Gasteiger partial charge in [-0.15, -0.1) is 0 Å². The summed E-state index contributed by atoms with van der Waals surface area (Å²) in [5, 5.41) is 5.62. The van der Waals surface area contributed by atoms with Crippen LogP contribution in [0.3, 0.4) is 0 Å². The number of nitrogens with one attached hydrogen (secondary N) is 2. The minimum absolute atomic E-state index is 0.208. The SMILES string of the molecule is C[C@@H]1Oc2c(cccc2C(=O)NCCO[C@@H]2CCCC[C@H]2C)NC1=O. The summed E-state index contributed by atoms with van der Waals surface area (Å²) in [7, 11) is 0. The van der Waals surface area contributed by atoms with Gasteiger partial charge in [-0.05, 0) is 37.8 Å². The summed E-state index contributed by atoms with van der Waals surface area (Å²) < 4.78 is 11.5. The number of fused-ring (bicyclic) bond motifs is 1. The summed E-state index contributed by atoms with van der Waals surface area (Å²) in [6, 6.07) is 5.15. The van der Waals surface area contributed by atoms with E-state index in [2.05, 4.69) is 17.6 Å². The van der Waals surface area contributed by atoms with Crippen molar-refractivity contribution in [3.8, 4) is 5.75 Å². The van der Waals surface area contributed by atoms with Crippen LogP contribution in [0, 0.1) is 5.92 Å². The average molecular weight is 346 g/mol. The van der Waals surface area contributed by atoms with Gasteiger partial charge in [-0.1, -0.05) is 25.8 Å². The number of hydrogen-bond acceptors (Lipinski definition) is 4. The molecule has 0 radical (unpaired) electrons. The fraction of sp³-hybridized carbons (Fsp3) is 0.579. The van der Waals surface area contributed by atoms with Crippen molar-refractivity contribution in [1.29, 1.82) is 0 Å². The van der Waals surface area contributed by atoms with Crippen molar-refractivity contribution in [3.05, 3.63) is 23.8 Å². The van der Waals surface area contributed by atoms with Crippen LogP contribution >= 0.6 is 0 Å². The highest BCUT2D eigenvalue weighted by molar-refractivity contribution is 6.03. The zero-order chi connectivity index (χ0) is 17.8. The zero-order valence-corrected chi connectivity index (χ0v) is 14.8. The number of carbonyl (C=O) groups excluding carboxylic acids is 2. The largest absolute Gasteiger partial charge is 0.478 e. The van der Waals surface area contributed by atoms with Gasteiger partial charge in [0.05, 0.1) is 24.0 Å². The van der Waals surface area contributed by atoms with E-state index in [0.29, 0.717) is 42.2 Å². The molecule has 6 nitrogen and oxygen atoms in total. The standard InChI is InChI=1S/C19H26N2O4/c1-12-6-3-4-9-16(12)24-11-10-20-19(23)14-7-5-8-15-17(14)25-13(2)18(22)21-15/h5,7-8,12-13,16H,3-4,6,9-11H2,1-2H3,(H,20,23)(H,21,22)/t12-,13+,16-/m1/s1. The minimum Gasteiger partial charge on any atom is -0.478 e. The molecule has 2 amide bonds. The molecule has 6 heteroatoms. The van der Waals surface area contributed by atoms with Crippen LogP contribution in [0.15, 0.2) is 18.2 Å². The van der Waals surface area contributed by atoms with Gasteiger partial charge in [0.15, 0.2) is 11.9 Å². The van der Waals surface area contributed by atoms with E-state index in [1.165, 1.54) is 19.3 Å². The summed E-state index contributed by atoms with van der Waals surface area (Å²) in [5.41, 5.74) is 0.957. The lowest BCUT2D eigenvalue weighted by molar-refractivity contribution is -0.122. The van der Waals surface area contributed by atoms with Crippen LogP contribution in [0.4, 0.5) is 5.69 Å². The van der Waals surface area contributed by atoms with E-state index in [0.717, 1.165) is 6.42 Å². The normalized spacial score (nSPS) is 25.5. The number of anilines is 1. The first-order valence-corrected chi connectivity index (χ1v) is 9.06. The number of carbonyl (C=O) groups is 2. The number of para-hydroxylation sites is 1. The third-order valence-corrected chi connectivity index (χ3v) is 4.93. The van der Waals surface area contributed by atoms with E-state index < -0.39 is 6.10 Å². The Balaban J connectivity index is 1.54. The Kier molecular flexibility index (Phi) is 5.58. The molecule has 1 aromatic carbocycles. The molecular weight excluding hydrogens is 320 g/mol. The molecule has 1 aliphatic heterocycles. The Labute approximate surface area is 148 Å². The maximum Gasteiger partial charge on any atom is 0.265 e. The summed E-state index contributed by atoms with van der Waals surface area (Å²) in [5.74, 6) is 0.582. The second-order valence-electron chi connectivity index (χ2n) is 6.86. The van der Waals surface area contributed by atoms with Gasteiger partial charge in [-0.25, -0.2) is 0 Å². The van der Waals surface area contributed by atoms with Crippen LogP contribution in [0.2, 0.25) is 0 Å². The highest BCUT2D eigenvalue weighted by atomic mass is 16.5. The highest BCUT2D eigenvalue weighted by Crippen LogP contribution is 2.33. The topological polar surface area (TPSA) is 76.7 Å². The monoisotopic (exact) mass is 346 g/mol. The Hall–Kier alpha value is -2.08. The second kappa shape index (κ2) is 7.87. The number of hydrogen-bond donors (Lipinski definition) is 2. The third-order valence-electron chi connectivity index (χ3n) is 4.93. The van der Waals surface area contributed by atoms with Gasteiger partial charge in [0.25, 0.3) is 11.8 Å². The van der Waals surface area contributed by atoms with Crippen LogP contribution < -0.4 is 15.4 Å². The lowest BCUT2D eigenvalue weighted by Crippen LogP contribution is -2.36. The van der Waals surface area contributed by atoms with Crippen LogP contribution in [0.25, 0.3) is 0 Å². The van der Waals surface area contributed by atoms with Crippen LogP contribution in [0.1, 0.15) is 49.9 Å². The van der Waals surface area contributed by atoms with Gasteiger partial charge in [0.1, 0.15) is 0 Å². The second-order valence-corrected chi connectivity index (χ2v) is 6.86. The minimum atomic E-state index is -0.613. The van der Waals surface area contributed by atoms with Gasteiger partial charge in [0, 0.05) is 6.54 Å². The van der Waals surface area contributed by atoms with E-state index in [1.807, 2.05) is 0 Å². The maximum absolute atomic E-state index is 12.5. The molecule has 1 aromatic rings. The molecule has 1 aliphatic carbocycles. The quantitative estimate of drug-likeness (QED) is 0.804. The summed E-state index contributed by atoms with van der Waals surface area (Å²) in [6.07, 6.45) is 4.51. The summed E-state index contributed by atoms with van der Waals surface area (Å²) in [6.45, 7) is 4.84. The Morgan fingerprint density at radius 3 is 2.92 bits per heavy atom. The number of rotatable bonds is 5. The van der Waals surface area contributed by atoms with E-state index in [9.17, 15) is 9.59 Å². The average Bonchev–Trinajstić information content (AvgIpc) is 2.60. The van der Waals surface area contributed by atoms with Crippen molar-refractivity contribution in [1.82, 2.24) is 5.32 Å². The molecule has 1 heterocycles. The maximum atomic E-state index is 12.5. The summed E-state index contributed by atoms with van der Waals surface area (Å²) in [4.78, 5) is 24.1. The van der Waals surface area contributed by atoms with Crippen LogP contribution in [-0.4, -0.2) is 37.2 Å². The Bertz CT molecular complexity index is 646. The van der Waals surface area contributed by atoms with Gasteiger partial charge < -0.3 is 20.1 Å². The van der Waals surface area contributed by atoms with Gasteiger partial charge in [-0.2, -0.15) is 0 Å². The number of amides is 2. The van der Waals surface area contributed by atoms with E-state index >= 15 is 0 Å². The first-order valence-electron chi connectivity index (χ1n) is 9.06. The lowest BCUT2D eigenvalue weighted by Gasteiger charge is -2.28. The first-order chi connectivity index (χ1) is 12.1. The van der Waals surface area contributed by atoms with Gasteiger partial charge in [-0.3, -0.25) is 9.59 Å². The lowest BCUT2D eigenvalue weighted by atomic mass is 9.88.